The van der Waals surface area contributed by atoms with Crippen molar-refractivity contribution >= 4 is 5.91 Å². The van der Waals surface area contributed by atoms with Crippen LogP contribution in [0.3, 0.4) is 0 Å². The van der Waals surface area contributed by atoms with Gasteiger partial charge < -0.3 is 10.6 Å². The molecule has 0 aromatic heterocycles. The van der Waals surface area contributed by atoms with E-state index in [4.69, 9.17) is 0 Å². The van der Waals surface area contributed by atoms with Crippen molar-refractivity contribution in [2.75, 3.05) is 6.54 Å². The molecule has 0 spiro atoms. The van der Waals surface area contributed by atoms with Crippen LogP contribution in [0.15, 0.2) is 18.2 Å². The molecule has 1 aromatic rings. The van der Waals surface area contributed by atoms with Gasteiger partial charge in [0.25, 0.3) is 0 Å². The van der Waals surface area contributed by atoms with Crippen LogP contribution in [-0.4, -0.2) is 18.5 Å². The molecule has 0 radical (unpaired) electrons. The summed E-state index contributed by atoms with van der Waals surface area (Å²) >= 11 is 0. The summed E-state index contributed by atoms with van der Waals surface area (Å²) in [7, 11) is 0. The SMILES string of the molecule is Cc1ccc(C(C)NC(=O)[C@@H]2CCCN2)cc1F. The predicted molar refractivity (Wildman–Crippen MR) is 68.7 cm³/mol. The highest BCUT2D eigenvalue weighted by atomic mass is 19.1. The van der Waals surface area contributed by atoms with E-state index >= 15 is 0 Å². The number of hydrogen-bond acceptors (Lipinski definition) is 2. The lowest BCUT2D eigenvalue weighted by molar-refractivity contribution is -0.123. The van der Waals surface area contributed by atoms with E-state index in [0.29, 0.717) is 5.56 Å². The molecule has 98 valence electrons. The van der Waals surface area contributed by atoms with Crippen LogP contribution >= 0.6 is 0 Å². The van der Waals surface area contributed by atoms with E-state index in [-0.39, 0.29) is 23.8 Å². The summed E-state index contributed by atoms with van der Waals surface area (Å²) in [5.41, 5.74) is 1.42. The first-order valence-electron chi connectivity index (χ1n) is 6.37. The third-order valence-electron chi connectivity index (χ3n) is 3.43. The minimum Gasteiger partial charge on any atom is -0.348 e. The van der Waals surface area contributed by atoms with Crippen molar-refractivity contribution in [1.29, 1.82) is 0 Å². The van der Waals surface area contributed by atoms with Gasteiger partial charge in [0.15, 0.2) is 0 Å². The second kappa shape index (κ2) is 5.48. The van der Waals surface area contributed by atoms with Crippen LogP contribution in [0.2, 0.25) is 0 Å². The van der Waals surface area contributed by atoms with Crippen LogP contribution < -0.4 is 10.6 Å². The first-order chi connectivity index (χ1) is 8.58. The van der Waals surface area contributed by atoms with E-state index < -0.39 is 0 Å². The van der Waals surface area contributed by atoms with Gasteiger partial charge in [0.2, 0.25) is 5.91 Å². The number of nitrogens with one attached hydrogen (secondary N) is 2. The van der Waals surface area contributed by atoms with Crippen LogP contribution in [0.5, 0.6) is 0 Å². The van der Waals surface area contributed by atoms with Crippen molar-refractivity contribution in [1.82, 2.24) is 10.6 Å². The lowest BCUT2D eigenvalue weighted by Crippen LogP contribution is -2.41. The number of carbonyl (C=O) groups is 1. The molecular formula is C14H19FN2O. The zero-order valence-corrected chi connectivity index (χ0v) is 10.8. The maximum Gasteiger partial charge on any atom is 0.237 e. The second-order valence-electron chi connectivity index (χ2n) is 4.89. The minimum atomic E-state index is -0.229. The molecule has 1 heterocycles. The molecule has 2 rings (SSSR count). The van der Waals surface area contributed by atoms with Gasteiger partial charge in [0, 0.05) is 0 Å². The summed E-state index contributed by atoms with van der Waals surface area (Å²) in [6, 6.07) is 4.81. The van der Waals surface area contributed by atoms with Gasteiger partial charge in [-0.2, -0.15) is 0 Å². The van der Waals surface area contributed by atoms with Crippen molar-refractivity contribution in [3.05, 3.63) is 35.1 Å². The monoisotopic (exact) mass is 250 g/mol. The number of benzene rings is 1. The Morgan fingerprint density at radius 1 is 1.56 bits per heavy atom. The van der Waals surface area contributed by atoms with E-state index in [1.165, 1.54) is 6.07 Å². The Morgan fingerprint density at radius 2 is 2.33 bits per heavy atom. The highest BCUT2D eigenvalue weighted by molar-refractivity contribution is 5.82. The normalized spacial score (nSPS) is 20.7. The molecule has 1 saturated heterocycles. The average Bonchev–Trinajstić information content (AvgIpc) is 2.86. The zero-order chi connectivity index (χ0) is 13.1. The maximum atomic E-state index is 13.5. The Kier molecular flexibility index (Phi) is 3.97. The quantitative estimate of drug-likeness (QED) is 0.862. The Bertz CT molecular complexity index is 441. The van der Waals surface area contributed by atoms with Gasteiger partial charge in [0.1, 0.15) is 5.82 Å². The van der Waals surface area contributed by atoms with Crippen LogP contribution in [0.4, 0.5) is 4.39 Å². The summed E-state index contributed by atoms with van der Waals surface area (Å²) in [4.78, 5) is 11.9. The van der Waals surface area contributed by atoms with Crippen molar-refractivity contribution in [2.45, 2.75) is 38.8 Å². The van der Waals surface area contributed by atoms with Crippen LogP contribution in [-0.2, 0) is 4.79 Å². The minimum absolute atomic E-state index is 0.000910. The number of carbonyl (C=O) groups excluding carboxylic acids is 1. The van der Waals surface area contributed by atoms with Gasteiger partial charge in [-0.05, 0) is 50.4 Å². The first-order valence-corrected chi connectivity index (χ1v) is 6.37. The van der Waals surface area contributed by atoms with Gasteiger partial charge in [0.05, 0.1) is 12.1 Å². The number of hydrogen-bond donors (Lipinski definition) is 2. The van der Waals surface area contributed by atoms with Crippen molar-refractivity contribution < 1.29 is 9.18 Å². The standard InChI is InChI=1S/C14H19FN2O/c1-9-5-6-11(8-12(9)15)10(2)17-14(18)13-4-3-7-16-13/h5-6,8,10,13,16H,3-4,7H2,1-2H3,(H,17,18)/t10?,13-/m0/s1. The molecule has 1 fully saturated rings. The number of amides is 1. The lowest BCUT2D eigenvalue weighted by atomic mass is 10.1. The fourth-order valence-electron chi connectivity index (χ4n) is 2.18. The molecule has 1 unspecified atom stereocenters. The Balaban J connectivity index is 2.00. The van der Waals surface area contributed by atoms with Gasteiger partial charge in [-0.15, -0.1) is 0 Å². The third kappa shape index (κ3) is 2.88. The molecule has 1 aliphatic rings. The molecular weight excluding hydrogens is 231 g/mol. The van der Waals surface area contributed by atoms with Gasteiger partial charge in [-0.3, -0.25) is 4.79 Å². The largest absolute Gasteiger partial charge is 0.348 e. The second-order valence-corrected chi connectivity index (χ2v) is 4.89. The molecule has 2 atom stereocenters. The van der Waals surface area contributed by atoms with Crippen LogP contribution in [0.1, 0.15) is 36.9 Å². The Hall–Kier alpha value is -1.42. The van der Waals surface area contributed by atoms with Crippen molar-refractivity contribution in [3.8, 4) is 0 Å². The van der Waals surface area contributed by atoms with Crippen LogP contribution in [0, 0.1) is 12.7 Å². The van der Waals surface area contributed by atoms with E-state index in [1.54, 1.807) is 13.0 Å². The molecule has 0 saturated carbocycles. The summed E-state index contributed by atoms with van der Waals surface area (Å²) in [5.74, 6) is -0.228. The molecule has 2 N–H and O–H groups in total. The van der Waals surface area contributed by atoms with E-state index in [1.807, 2.05) is 13.0 Å². The summed E-state index contributed by atoms with van der Waals surface area (Å²) in [6.07, 6.45) is 1.91. The maximum absolute atomic E-state index is 13.5. The summed E-state index contributed by atoms with van der Waals surface area (Å²) in [5, 5.41) is 6.06. The van der Waals surface area contributed by atoms with Crippen molar-refractivity contribution in [2.24, 2.45) is 0 Å². The van der Waals surface area contributed by atoms with Gasteiger partial charge >= 0.3 is 0 Å². The van der Waals surface area contributed by atoms with Crippen molar-refractivity contribution in [3.63, 3.8) is 0 Å². The van der Waals surface area contributed by atoms with Gasteiger partial charge in [-0.1, -0.05) is 12.1 Å². The molecule has 18 heavy (non-hydrogen) atoms. The first kappa shape index (κ1) is 13.0. The topological polar surface area (TPSA) is 41.1 Å². The zero-order valence-electron chi connectivity index (χ0n) is 10.8. The highest BCUT2D eigenvalue weighted by Gasteiger charge is 2.23. The lowest BCUT2D eigenvalue weighted by Gasteiger charge is -2.18. The number of rotatable bonds is 3. The molecule has 1 aliphatic heterocycles. The van der Waals surface area contributed by atoms with E-state index in [0.717, 1.165) is 24.9 Å². The molecule has 4 heteroatoms. The smallest absolute Gasteiger partial charge is 0.237 e. The fourth-order valence-corrected chi connectivity index (χ4v) is 2.18. The highest BCUT2D eigenvalue weighted by Crippen LogP contribution is 2.17. The molecule has 1 aromatic carbocycles. The third-order valence-corrected chi connectivity index (χ3v) is 3.43. The average molecular weight is 250 g/mol. The van der Waals surface area contributed by atoms with E-state index in [9.17, 15) is 9.18 Å². The number of aryl methyl sites for hydroxylation is 1. The summed E-state index contributed by atoms with van der Waals surface area (Å²) in [6.45, 7) is 4.49. The Labute approximate surface area is 107 Å². The van der Waals surface area contributed by atoms with Crippen LogP contribution in [0.25, 0.3) is 0 Å². The Morgan fingerprint density at radius 3 is 2.94 bits per heavy atom. The molecule has 0 bridgehead atoms. The fraction of sp³-hybridized carbons (Fsp3) is 0.500. The van der Waals surface area contributed by atoms with Gasteiger partial charge in [-0.25, -0.2) is 4.39 Å². The number of halogens is 1. The predicted octanol–water partition coefficient (Wildman–Crippen LogP) is 2.06. The molecule has 0 aliphatic carbocycles. The molecule has 3 nitrogen and oxygen atoms in total. The molecule has 1 amide bonds. The summed E-state index contributed by atoms with van der Waals surface area (Å²) < 4.78 is 13.5. The van der Waals surface area contributed by atoms with E-state index in [2.05, 4.69) is 10.6 Å².